The van der Waals surface area contributed by atoms with Gasteiger partial charge in [0, 0.05) is 0 Å². The molecular formula is C22H20N2O. The molecular weight excluding hydrogens is 308 g/mol. The van der Waals surface area contributed by atoms with E-state index < -0.39 is 5.92 Å². The number of hydrogen-bond acceptors (Lipinski definition) is 2. The Kier molecular flexibility index (Phi) is 5.37. The molecule has 0 aliphatic carbocycles. The smallest absolute Gasteiger partial charge is 0.252 e. The summed E-state index contributed by atoms with van der Waals surface area (Å²) in [7, 11) is 0. The van der Waals surface area contributed by atoms with E-state index in [9.17, 15) is 4.79 Å². The molecule has 0 heterocycles. The first-order valence-corrected chi connectivity index (χ1v) is 8.25. The highest BCUT2D eigenvalue weighted by molar-refractivity contribution is 5.99. The molecule has 124 valence electrons. The van der Waals surface area contributed by atoms with Gasteiger partial charge in [-0.25, -0.2) is 5.43 Å². The van der Waals surface area contributed by atoms with Crippen molar-refractivity contribution in [1.29, 1.82) is 0 Å². The van der Waals surface area contributed by atoms with E-state index in [1.165, 1.54) is 0 Å². The lowest BCUT2D eigenvalue weighted by molar-refractivity contribution is -0.121. The highest BCUT2D eigenvalue weighted by Gasteiger charge is 2.22. The maximum atomic E-state index is 12.9. The molecule has 0 saturated carbocycles. The zero-order valence-electron chi connectivity index (χ0n) is 14.1. The molecule has 0 atom stereocenters. The van der Waals surface area contributed by atoms with E-state index in [4.69, 9.17) is 0 Å². The van der Waals surface area contributed by atoms with E-state index in [0.29, 0.717) is 0 Å². The summed E-state index contributed by atoms with van der Waals surface area (Å²) >= 11 is 0. The van der Waals surface area contributed by atoms with Crippen molar-refractivity contribution in [2.45, 2.75) is 12.8 Å². The van der Waals surface area contributed by atoms with Gasteiger partial charge in [-0.2, -0.15) is 5.10 Å². The minimum absolute atomic E-state index is 0.146. The fourth-order valence-corrected chi connectivity index (χ4v) is 2.73. The molecule has 0 aliphatic heterocycles. The third-order valence-electron chi connectivity index (χ3n) is 4.05. The highest BCUT2D eigenvalue weighted by Crippen LogP contribution is 2.24. The first-order chi connectivity index (χ1) is 12.3. The Bertz CT molecular complexity index is 803. The third kappa shape index (κ3) is 4.21. The quantitative estimate of drug-likeness (QED) is 0.549. The van der Waals surface area contributed by atoms with Gasteiger partial charge in [0.2, 0.25) is 0 Å². The normalized spacial score (nSPS) is 11.4. The molecule has 25 heavy (non-hydrogen) atoms. The predicted molar refractivity (Wildman–Crippen MR) is 102 cm³/mol. The van der Waals surface area contributed by atoms with Crippen LogP contribution < -0.4 is 5.43 Å². The molecule has 0 bridgehead atoms. The first kappa shape index (κ1) is 16.7. The first-order valence-electron chi connectivity index (χ1n) is 8.25. The lowest BCUT2D eigenvalue weighted by Crippen LogP contribution is -2.27. The van der Waals surface area contributed by atoms with E-state index in [1.807, 2.05) is 97.9 Å². The minimum Gasteiger partial charge on any atom is -0.272 e. The van der Waals surface area contributed by atoms with Crippen molar-refractivity contribution in [3.63, 3.8) is 0 Å². The van der Waals surface area contributed by atoms with E-state index in [2.05, 4.69) is 10.5 Å². The maximum absolute atomic E-state index is 12.9. The fourth-order valence-electron chi connectivity index (χ4n) is 2.73. The van der Waals surface area contributed by atoms with Gasteiger partial charge in [-0.1, -0.05) is 91.0 Å². The van der Waals surface area contributed by atoms with Crippen LogP contribution in [0.4, 0.5) is 0 Å². The van der Waals surface area contributed by atoms with Crippen LogP contribution in [0, 0.1) is 0 Å². The van der Waals surface area contributed by atoms with Crippen molar-refractivity contribution in [2.24, 2.45) is 5.10 Å². The van der Waals surface area contributed by atoms with E-state index in [1.54, 1.807) is 0 Å². The van der Waals surface area contributed by atoms with Crippen LogP contribution >= 0.6 is 0 Å². The second-order valence-electron chi connectivity index (χ2n) is 5.79. The number of carbonyl (C=O) groups excluding carboxylic acids is 1. The number of carbonyl (C=O) groups is 1. The van der Waals surface area contributed by atoms with Gasteiger partial charge in [0.05, 0.1) is 11.6 Å². The standard InChI is InChI=1S/C22H20N2O/c1-17(18-11-5-2-6-12-18)23-24-22(25)21(19-13-7-3-8-14-19)20-15-9-4-10-16-20/h2-16,21H,1H3,(H,24,25)/b23-17-. The Balaban J connectivity index is 1.85. The largest absolute Gasteiger partial charge is 0.272 e. The second kappa shape index (κ2) is 8.06. The summed E-state index contributed by atoms with van der Waals surface area (Å²) < 4.78 is 0. The van der Waals surface area contributed by atoms with E-state index in [-0.39, 0.29) is 5.91 Å². The molecule has 0 unspecified atom stereocenters. The molecule has 1 N–H and O–H groups in total. The number of benzene rings is 3. The summed E-state index contributed by atoms with van der Waals surface area (Å²) in [5.41, 5.74) is 6.37. The Morgan fingerprint density at radius 3 is 1.68 bits per heavy atom. The van der Waals surface area contributed by atoms with Gasteiger partial charge in [0.25, 0.3) is 5.91 Å². The van der Waals surface area contributed by atoms with Crippen molar-refractivity contribution in [2.75, 3.05) is 0 Å². The van der Waals surface area contributed by atoms with E-state index >= 15 is 0 Å². The van der Waals surface area contributed by atoms with Gasteiger partial charge in [0.1, 0.15) is 0 Å². The summed E-state index contributed by atoms with van der Waals surface area (Å²) in [5, 5.41) is 4.28. The third-order valence-corrected chi connectivity index (χ3v) is 4.05. The van der Waals surface area contributed by atoms with Gasteiger partial charge < -0.3 is 0 Å². The van der Waals surface area contributed by atoms with Crippen LogP contribution in [-0.2, 0) is 4.79 Å². The average Bonchev–Trinajstić information content (AvgIpc) is 2.69. The molecule has 3 rings (SSSR count). The predicted octanol–water partition coefficient (Wildman–Crippen LogP) is 4.36. The van der Waals surface area contributed by atoms with Crippen LogP contribution in [0.1, 0.15) is 29.5 Å². The molecule has 0 saturated heterocycles. The monoisotopic (exact) mass is 328 g/mol. The SMILES string of the molecule is C/C(=N/NC(=O)C(c1ccccc1)c1ccccc1)c1ccccc1. The van der Waals surface area contributed by atoms with Gasteiger partial charge >= 0.3 is 0 Å². The molecule has 0 spiro atoms. The number of nitrogens with zero attached hydrogens (tertiary/aromatic N) is 1. The summed E-state index contributed by atoms with van der Waals surface area (Å²) in [6.45, 7) is 1.88. The van der Waals surface area contributed by atoms with Crippen molar-refractivity contribution >= 4 is 11.6 Å². The highest BCUT2D eigenvalue weighted by atomic mass is 16.2. The van der Waals surface area contributed by atoms with Crippen molar-refractivity contribution in [3.8, 4) is 0 Å². The molecule has 1 amide bonds. The summed E-state index contributed by atoms with van der Waals surface area (Å²) in [5.74, 6) is -0.539. The topological polar surface area (TPSA) is 41.5 Å². The van der Waals surface area contributed by atoms with Crippen molar-refractivity contribution < 1.29 is 4.79 Å². The van der Waals surface area contributed by atoms with Gasteiger partial charge in [-0.15, -0.1) is 0 Å². The molecule has 3 nitrogen and oxygen atoms in total. The zero-order chi connectivity index (χ0) is 17.5. The maximum Gasteiger partial charge on any atom is 0.252 e. The zero-order valence-corrected chi connectivity index (χ0v) is 14.1. The number of hydrazone groups is 1. The van der Waals surface area contributed by atoms with Crippen LogP contribution in [-0.4, -0.2) is 11.6 Å². The average molecular weight is 328 g/mol. The second-order valence-corrected chi connectivity index (χ2v) is 5.79. The Morgan fingerprint density at radius 1 is 0.760 bits per heavy atom. The van der Waals surface area contributed by atoms with Gasteiger partial charge in [-0.3, -0.25) is 4.79 Å². The number of amides is 1. The van der Waals surface area contributed by atoms with Crippen LogP contribution in [0.5, 0.6) is 0 Å². The fraction of sp³-hybridized carbons (Fsp3) is 0.0909. The number of nitrogens with one attached hydrogen (secondary N) is 1. The Hall–Kier alpha value is -3.20. The summed E-state index contributed by atoms with van der Waals surface area (Å²) in [6, 6.07) is 29.3. The minimum atomic E-state index is -0.394. The van der Waals surface area contributed by atoms with Gasteiger partial charge in [0.15, 0.2) is 0 Å². The molecule has 3 aromatic rings. The lowest BCUT2D eigenvalue weighted by atomic mass is 9.91. The van der Waals surface area contributed by atoms with Crippen LogP contribution in [0.3, 0.4) is 0 Å². The van der Waals surface area contributed by atoms with Crippen molar-refractivity contribution in [1.82, 2.24) is 5.43 Å². The summed E-state index contributed by atoms with van der Waals surface area (Å²) in [4.78, 5) is 12.9. The molecule has 0 aliphatic rings. The lowest BCUT2D eigenvalue weighted by Gasteiger charge is -2.16. The van der Waals surface area contributed by atoms with Crippen LogP contribution in [0.25, 0.3) is 0 Å². The van der Waals surface area contributed by atoms with Gasteiger partial charge in [-0.05, 0) is 23.6 Å². The molecule has 3 aromatic carbocycles. The summed E-state index contributed by atoms with van der Waals surface area (Å²) in [6.07, 6.45) is 0. The Labute approximate surface area is 148 Å². The van der Waals surface area contributed by atoms with Crippen LogP contribution in [0.2, 0.25) is 0 Å². The number of rotatable bonds is 5. The molecule has 3 heteroatoms. The molecule has 0 aromatic heterocycles. The van der Waals surface area contributed by atoms with E-state index in [0.717, 1.165) is 22.4 Å². The number of hydrogen-bond donors (Lipinski definition) is 1. The van der Waals surface area contributed by atoms with Crippen molar-refractivity contribution in [3.05, 3.63) is 108 Å². The molecule has 0 radical (unpaired) electrons. The molecule has 0 fully saturated rings. The van der Waals surface area contributed by atoms with Crippen LogP contribution in [0.15, 0.2) is 96.1 Å². The Morgan fingerprint density at radius 2 is 1.20 bits per heavy atom.